The fraction of sp³-hybridized carbons (Fsp3) is 1.00. The normalized spacial score (nSPS) is 30.2. The largest absolute Gasteiger partial charge is 0.394 e. The Morgan fingerprint density at radius 2 is 1.31 bits per heavy atom. The molecule has 80 valence electrons. The van der Waals surface area contributed by atoms with Gasteiger partial charge >= 0.3 is 0 Å². The summed E-state index contributed by atoms with van der Waals surface area (Å²) in [7, 11) is 0. The molecule has 1 saturated carbocycles. The van der Waals surface area contributed by atoms with Crippen LogP contribution in [0.2, 0.25) is 0 Å². The second kappa shape index (κ2) is 7.26. The van der Waals surface area contributed by atoms with Crippen LogP contribution in [0, 0.1) is 0 Å². The maximum atomic E-state index is 8.92. The molecule has 1 atom stereocenters. The summed E-state index contributed by atoms with van der Waals surface area (Å²) in [4.78, 5) is 0. The maximum Gasteiger partial charge on any atom is 0.0742 e. The van der Waals surface area contributed by atoms with Crippen LogP contribution in [-0.4, -0.2) is 45.3 Å². The van der Waals surface area contributed by atoms with E-state index in [-0.39, 0.29) is 18.8 Å². The minimum Gasteiger partial charge on any atom is -0.394 e. The highest BCUT2D eigenvalue weighted by Crippen LogP contribution is 2.17. The second-order valence-corrected chi connectivity index (χ2v) is 3.49. The van der Waals surface area contributed by atoms with Crippen LogP contribution in [0.4, 0.5) is 0 Å². The van der Waals surface area contributed by atoms with Crippen molar-refractivity contribution >= 4 is 0 Å². The van der Waals surface area contributed by atoms with Crippen molar-refractivity contribution in [3.63, 3.8) is 0 Å². The fourth-order valence-corrected chi connectivity index (χ4v) is 1.06. The molecule has 1 unspecified atom stereocenters. The molecule has 0 saturated heterocycles. The van der Waals surface area contributed by atoms with Gasteiger partial charge in [0, 0.05) is 0 Å². The highest BCUT2D eigenvalue weighted by Gasteiger charge is 2.15. The number of aliphatic hydroxyl groups excluding tert-OH is 4. The Bertz CT molecular complexity index is 98.2. The molecule has 13 heavy (non-hydrogen) atoms. The molecule has 1 aliphatic rings. The Labute approximate surface area is 78.8 Å². The highest BCUT2D eigenvalue weighted by molar-refractivity contribution is 4.69. The molecule has 0 aromatic carbocycles. The zero-order valence-corrected chi connectivity index (χ0v) is 8.06. The molecule has 1 fully saturated rings. The first-order valence-corrected chi connectivity index (χ1v) is 4.71. The Morgan fingerprint density at radius 1 is 1.08 bits per heavy atom. The number of hydrogen-bond acceptors (Lipinski definition) is 4. The SMILES string of the molecule is CC(O)CO.OC1CCC(O)CC1. The lowest BCUT2D eigenvalue weighted by Crippen LogP contribution is -2.21. The van der Waals surface area contributed by atoms with E-state index in [2.05, 4.69) is 0 Å². The van der Waals surface area contributed by atoms with Crippen molar-refractivity contribution in [2.45, 2.75) is 50.9 Å². The van der Waals surface area contributed by atoms with Crippen molar-refractivity contribution in [2.24, 2.45) is 0 Å². The van der Waals surface area contributed by atoms with Crippen LogP contribution in [0.5, 0.6) is 0 Å². The lowest BCUT2D eigenvalue weighted by molar-refractivity contribution is 0.0541. The third-order valence-corrected chi connectivity index (χ3v) is 1.93. The van der Waals surface area contributed by atoms with Crippen LogP contribution in [0.1, 0.15) is 32.6 Å². The number of hydrogen-bond donors (Lipinski definition) is 4. The second-order valence-electron chi connectivity index (χ2n) is 3.49. The molecule has 1 aliphatic carbocycles. The molecule has 0 aliphatic heterocycles. The Balaban J connectivity index is 0.000000252. The predicted molar refractivity (Wildman–Crippen MR) is 49.2 cm³/mol. The number of aliphatic hydroxyl groups is 4. The summed E-state index contributed by atoms with van der Waals surface area (Å²) < 4.78 is 0. The van der Waals surface area contributed by atoms with Crippen molar-refractivity contribution in [2.75, 3.05) is 6.61 Å². The van der Waals surface area contributed by atoms with E-state index in [4.69, 9.17) is 20.4 Å². The van der Waals surface area contributed by atoms with Gasteiger partial charge in [-0.15, -0.1) is 0 Å². The molecule has 0 heterocycles. The third-order valence-electron chi connectivity index (χ3n) is 1.93. The summed E-state index contributed by atoms with van der Waals surface area (Å²) in [6, 6.07) is 0. The van der Waals surface area contributed by atoms with Crippen LogP contribution in [0.15, 0.2) is 0 Å². The van der Waals surface area contributed by atoms with Gasteiger partial charge in [-0.1, -0.05) is 0 Å². The summed E-state index contributed by atoms with van der Waals surface area (Å²) in [6.07, 6.45) is 2.27. The van der Waals surface area contributed by atoms with Crippen LogP contribution >= 0.6 is 0 Å². The lowest BCUT2D eigenvalue weighted by Gasteiger charge is -2.20. The molecule has 4 nitrogen and oxygen atoms in total. The molecule has 4 N–H and O–H groups in total. The first kappa shape index (κ1) is 12.8. The van der Waals surface area contributed by atoms with E-state index >= 15 is 0 Å². The van der Waals surface area contributed by atoms with E-state index in [1.807, 2.05) is 0 Å². The standard InChI is InChI=1S/C6H12O2.C3H8O2/c7-5-1-2-6(8)4-3-5;1-3(5)2-4/h5-8H,1-4H2;3-5H,2H2,1H3. The molecule has 0 bridgehead atoms. The van der Waals surface area contributed by atoms with Gasteiger partial charge in [0.2, 0.25) is 0 Å². The fourth-order valence-electron chi connectivity index (χ4n) is 1.06. The highest BCUT2D eigenvalue weighted by atomic mass is 16.3. The first-order chi connectivity index (χ1) is 6.06. The topological polar surface area (TPSA) is 80.9 Å². The maximum absolute atomic E-state index is 8.92. The van der Waals surface area contributed by atoms with Gasteiger partial charge in [0.1, 0.15) is 0 Å². The molecule has 0 aromatic heterocycles. The van der Waals surface area contributed by atoms with E-state index < -0.39 is 6.10 Å². The van der Waals surface area contributed by atoms with Gasteiger partial charge in [-0.3, -0.25) is 0 Å². The lowest BCUT2D eigenvalue weighted by atomic mass is 9.95. The monoisotopic (exact) mass is 192 g/mol. The zero-order valence-electron chi connectivity index (χ0n) is 8.06. The van der Waals surface area contributed by atoms with Gasteiger partial charge in [-0.2, -0.15) is 0 Å². The smallest absolute Gasteiger partial charge is 0.0742 e. The minimum atomic E-state index is -0.560. The van der Waals surface area contributed by atoms with Gasteiger partial charge < -0.3 is 20.4 Å². The van der Waals surface area contributed by atoms with E-state index in [9.17, 15) is 0 Å². The zero-order chi connectivity index (χ0) is 10.3. The first-order valence-electron chi connectivity index (χ1n) is 4.71. The average molecular weight is 192 g/mol. The summed E-state index contributed by atoms with van der Waals surface area (Å²) in [5.41, 5.74) is 0. The Morgan fingerprint density at radius 3 is 1.46 bits per heavy atom. The summed E-state index contributed by atoms with van der Waals surface area (Å²) >= 11 is 0. The van der Waals surface area contributed by atoms with Gasteiger partial charge in [0.05, 0.1) is 24.9 Å². The van der Waals surface area contributed by atoms with Crippen LogP contribution < -0.4 is 0 Å². The molecular formula is C9H20O4. The third kappa shape index (κ3) is 8.18. The van der Waals surface area contributed by atoms with Gasteiger partial charge in [-0.25, -0.2) is 0 Å². The average Bonchev–Trinajstić information content (AvgIpc) is 2.11. The van der Waals surface area contributed by atoms with E-state index in [1.54, 1.807) is 0 Å². The molecule has 0 spiro atoms. The quantitative estimate of drug-likeness (QED) is 0.457. The van der Waals surface area contributed by atoms with Gasteiger partial charge in [0.15, 0.2) is 0 Å². The van der Waals surface area contributed by atoms with E-state index in [1.165, 1.54) is 6.92 Å². The molecular weight excluding hydrogens is 172 g/mol. The minimum absolute atomic E-state index is 0.139. The van der Waals surface area contributed by atoms with E-state index in [0.717, 1.165) is 25.7 Å². The van der Waals surface area contributed by atoms with Gasteiger partial charge in [-0.05, 0) is 32.6 Å². The Hall–Kier alpha value is -0.160. The Kier molecular flexibility index (Phi) is 7.17. The van der Waals surface area contributed by atoms with Crippen molar-refractivity contribution in [1.29, 1.82) is 0 Å². The summed E-state index contributed by atoms with van der Waals surface area (Å²) in [6.45, 7) is 1.39. The predicted octanol–water partition coefficient (Wildman–Crippen LogP) is -0.358. The molecule has 0 aromatic rings. The summed E-state index contributed by atoms with van der Waals surface area (Å²) in [5.74, 6) is 0. The molecule has 0 radical (unpaired) electrons. The van der Waals surface area contributed by atoms with Crippen molar-refractivity contribution in [1.82, 2.24) is 0 Å². The molecule has 1 rings (SSSR count). The molecule has 0 amide bonds. The summed E-state index contributed by atoms with van der Waals surface area (Å²) in [5, 5.41) is 33.8. The van der Waals surface area contributed by atoms with Crippen molar-refractivity contribution < 1.29 is 20.4 Å². The van der Waals surface area contributed by atoms with Crippen molar-refractivity contribution in [3.8, 4) is 0 Å². The van der Waals surface area contributed by atoms with Crippen LogP contribution in [0.3, 0.4) is 0 Å². The van der Waals surface area contributed by atoms with Gasteiger partial charge in [0.25, 0.3) is 0 Å². The molecule has 4 heteroatoms. The number of rotatable bonds is 1. The van der Waals surface area contributed by atoms with Crippen molar-refractivity contribution in [3.05, 3.63) is 0 Å². The van der Waals surface area contributed by atoms with Crippen LogP contribution in [-0.2, 0) is 0 Å². The van der Waals surface area contributed by atoms with E-state index in [0.29, 0.717) is 0 Å². The van der Waals surface area contributed by atoms with Crippen LogP contribution in [0.25, 0.3) is 0 Å².